The standard InChI is InChI=1S/C38H66N8O11/c1-8-11-20-51-24-28(43-45-39)25(4)55-37(27(6)50-7)57-36-35(53-22-13-10-3)30(44-46-40)26(5)56-38(36)54-23-16-14-15-17-29(47)41-18-19-42-31-32(48)33(49)34(31)52-21-12-9-2/h25-28,30,35-38,42H,8-24H2,1-7H3,(H,41,47)/t25?,26?,27-,28+,30-,35?,36-,37-,38+/m1/s1. The molecule has 9 atom stereocenters. The molecule has 0 radical (unpaired) electrons. The van der Waals surface area contributed by atoms with Gasteiger partial charge in [0.25, 0.3) is 10.9 Å². The number of hydrogen-bond donors (Lipinski definition) is 2. The number of anilines is 1. The Kier molecular flexibility index (Phi) is 25.1. The van der Waals surface area contributed by atoms with Crippen LogP contribution in [0.15, 0.2) is 19.8 Å². The van der Waals surface area contributed by atoms with Crippen LogP contribution in [0.2, 0.25) is 0 Å². The molecule has 19 nitrogen and oxygen atoms in total. The van der Waals surface area contributed by atoms with Crippen molar-refractivity contribution in [1.29, 1.82) is 0 Å². The van der Waals surface area contributed by atoms with E-state index < -0.39 is 66.0 Å². The Balaban J connectivity index is 2.02. The highest BCUT2D eigenvalue weighted by Crippen LogP contribution is 2.31. The molecule has 0 spiro atoms. The molecule has 3 unspecified atom stereocenters. The number of amides is 1. The minimum absolute atomic E-state index is 0.0645. The summed E-state index contributed by atoms with van der Waals surface area (Å²) in [6, 6.07) is -1.38. The van der Waals surface area contributed by atoms with Crippen molar-refractivity contribution in [3.05, 3.63) is 41.3 Å². The maximum absolute atomic E-state index is 12.5. The maximum atomic E-state index is 12.5. The van der Waals surface area contributed by atoms with Gasteiger partial charge in [-0.1, -0.05) is 56.7 Å². The number of nitrogens with zero attached hydrogens (tertiary/aromatic N) is 6. The summed E-state index contributed by atoms with van der Waals surface area (Å²) < 4.78 is 48.6. The molecule has 1 aliphatic rings. The Morgan fingerprint density at radius 1 is 0.860 bits per heavy atom. The van der Waals surface area contributed by atoms with Crippen LogP contribution in [0.25, 0.3) is 20.9 Å². The number of unbranched alkanes of at least 4 members (excludes halogenated alkanes) is 5. The Morgan fingerprint density at radius 3 is 2.25 bits per heavy atom. The van der Waals surface area contributed by atoms with Crippen molar-refractivity contribution in [2.24, 2.45) is 10.2 Å². The first-order valence-electron chi connectivity index (χ1n) is 20.4. The van der Waals surface area contributed by atoms with Crippen molar-refractivity contribution >= 4 is 11.6 Å². The van der Waals surface area contributed by atoms with Crippen LogP contribution in [-0.2, 0) is 38.0 Å². The van der Waals surface area contributed by atoms with E-state index in [1.807, 2.05) is 13.8 Å². The van der Waals surface area contributed by atoms with Crippen LogP contribution in [0.3, 0.4) is 0 Å². The predicted molar refractivity (Wildman–Crippen MR) is 214 cm³/mol. The lowest BCUT2D eigenvalue weighted by Crippen LogP contribution is -2.60. The third-order valence-corrected chi connectivity index (χ3v) is 9.51. The van der Waals surface area contributed by atoms with Gasteiger partial charge in [-0.15, -0.1) is 0 Å². The van der Waals surface area contributed by atoms with Crippen molar-refractivity contribution < 1.29 is 42.7 Å². The first-order valence-corrected chi connectivity index (χ1v) is 20.4. The molecule has 1 aromatic rings. The van der Waals surface area contributed by atoms with Gasteiger partial charge in [-0.05, 0) is 63.9 Å². The third-order valence-electron chi connectivity index (χ3n) is 9.51. The van der Waals surface area contributed by atoms with Crippen molar-refractivity contribution in [3.63, 3.8) is 0 Å². The van der Waals surface area contributed by atoms with Gasteiger partial charge in [-0.25, -0.2) is 0 Å². The second kappa shape index (κ2) is 28.8. The lowest BCUT2D eigenvalue weighted by Gasteiger charge is -2.45. The van der Waals surface area contributed by atoms with Gasteiger partial charge in [0.2, 0.25) is 5.91 Å². The van der Waals surface area contributed by atoms with E-state index in [2.05, 4.69) is 37.6 Å². The SMILES string of the molecule is CCCCOC[C@H](N=[N+]=[N-])C(C)O[C@H](O[C@@H]1C(OCCCC)[C@H](N=[N+]=[N-])C(C)O[C@@H]1OCCCCCC(=O)NCCNc1c(OCCCC)c(=O)c1=O)[C@@H](C)OC. The van der Waals surface area contributed by atoms with Crippen LogP contribution < -0.4 is 26.2 Å². The zero-order valence-corrected chi connectivity index (χ0v) is 34.9. The van der Waals surface area contributed by atoms with Crippen LogP contribution >= 0.6 is 0 Å². The molecule has 1 fully saturated rings. The fourth-order valence-electron chi connectivity index (χ4n) is 5.87. The third kappa shape index (κ3) is 17.1. The van der Waals surface area contributed by atoms with Gasteiger partial charge < -0.3 is 48.5 Å². The van der Waals surface area contributed by atoms with Crippen LogP contribution in [0, 0.1) is 0 Å². The van der Waals surface area contributed by atoms with Crippen LogP contribution in [-0.4, -0.2) is 114 Å². The molecule has 0 aliphatic carbocycles. The Morgan fingerprint density at radius 2 is 1.56 bits per heavy atom. The van der Waals surface area contributed by atoms with Crippen molar-refractivity contribution in [1.82, 2.24) is 5.32 Å². The highest BCUT2D eigenvalue weighted by atomic mass is 16.8. The molecule has 0 bridgehead atoms. The fourth-order valence-corrected chi connectivity index (χ4v) is 5.87. The van der Waals surface area contributed by atoms with Crippen LogP contribution in [0.5, 0.6) is 5.75 Å². The van der Waals surface area contributed by atoms with Crippen LogP contribution in [0.4, 0.5) is 5.69 Å². The van der Waals surface area contributed by atoms with E-state index >= 15 is 0 Å². The summed E-state index contributed by atoms with van der Waals surface area (Å²) in [7, 11) is 1.52. The van der Waals surface area contributed by atoms with Gasteiger partial charge in [0, 0.05) is 56.3 Å². The number of azide groups is 2. The average Bonchev–Trinajstić information content (AvgIpc) is 3.20. The summed E-state index contributed by atoms with van der Waals surface area (Å²) in [6.07, 6.45) is 1.96. The maximum Gasteiger partial charge on any atom is 0.272 e. The second-order valence-corrected chi connectivity index (χ2v) is 14.1. The Labute approximate surface area is 336 Å². The monoisotopic (exact) mass is 810 g/mol. The zero-order chi connectivity index (χ0) is 42.0. The van der Waals surface area contributed by atoms with E-state index in [0.29, 0.717) is 45.5 Å². The number of rotatable bonds is 33. The highest BCUT2D eigenvalue weighted by molar-refractivity contribution is 5.75. The largest absolute Gasteiger partial charge is 0.487 e. The van der Waals surface area contributed by atoms with Crippen molar-refractivity contribution in [2.45, 2.75) is 161 Å². The lowest BCUT2D eigenvalue weighted by atomic mass is 9.97. The van der Waals surface area contributed by atoms with Gasteiger partial charge in [-0.3, -0.25) is 14.4 Å². The van der Waals surface area contributed by atoms with E-state index in [-0.39, 0.29) is 43.6 Å². The molecule has 2 rings (SSSR count). The van der Waals surface area contributed by atoms with Gasteiger partial charge >= 0.3 is 0 Å². The Bertz CT molecular complexity index is 1450. The number of ether oxygens (including phenoxy) is 8. The van der Waals surface area contributed by atoms with E-state index in [1.54, 1.807) is 20.8 Å². The van der Waals surface area contributed by atoms with Crippen molar-refractivity contribution in [3.8, 4) is 5.75 Å². The number of hydrogen-bond acceptors (Lipinski definition) is 14. The van der Waals surface area contributed by atoms with Gasteiger partial charge in [0.05, 0.1) is 43.6 Å². The summed E-state index contributed by atoms with van der Waals surface area (Å²) in [5.41, 5.74) is 17.6. The summed E-state index contributed by atoms with van der Waals surface area (Å²) in [6.45, 7) is 13.7. The summed E-state index contributed by atoms with van der Waals surface area (Å²) in [5, 5.41) is 13.6. The second-order valence-electron chi connectivity index (χ2n) is 14.1. The van der Waals surface area contributed by atoms with Gasteiger partial charge in [0.15, 0.2) is 18.3 Å². The number of methoxy groups -OCH3 is 1. The van der Waals surface area contributed by atoms with Crippen molar-refractivity contribution in [2.75, 3.05) is 58.6 Å². The number of nitrogens with one attached hydrogen (secondary N) is 2. The molecule has 0 saturated carbocycles. The molecule has 1 heterocycles. The molecular weight excluding hydrogens is 744 g/mol. The molecule has 1 amide bonds. The minimum atomic E-state index is -1.00. The molecule has 1 saturated heterocycles. The smallest absolute Gasteiger partial charge is 0.272 e. The minimum Gasteiger partial charge on any atom is -0.487 e. The quantitative estimate of drug-likeness (QED) is 0.0213. The average molecular weight is 811 g/mol. The summed E-state index contributed by atoms with van der Waals surface area (Å²) in [4.78, 5) is 42.2. The molecular formula is C38H66N8O11. The van der Waals surface area contributed by atoms with Gasteiger partial charge in [0.1, 0.15) is 17.9 Å². The zero-order valence-electron chi connectivity index (χ0n) is 34.9. The molecule has 19 heteroatoms. The van der Waals surface area contributed by atoms with E-state index in [9.17, 15) is 25.4 Å². The first-order chi connectivity index (χ1) is 27.6. The predicted octanol–water partition coefficient (Wildman–Crippen LogP) is 5.82. The normalized spacial score (nSPS) is 21.5. The molecule has 324 valence electrons. The molecule has 1 aromatic carbocycles. The molecule has 57 heavy (non-hydrogen) atoms. The van der Waals surface area contributed by atoms with Gasteiger partial charge in [-0.2, -0.15) is 0 Å². The highest BCUT2D eigenvalue weighted by Gasteiger charge is 2.48. The molecule has 0 aromatic heterocycles. The first kappa shape index (κ1) is 49.6. The fraction of sp³-hybridized carbons (Fsp3) is 0.868. The van der Waals surface area contributed by atoms with E-state index in [1.165, 1.54) is 7.11 Å². The topological polar surface area (TPSA) is 247 Å². The van der Waals surface area contributed by atoms with E-state index in [4.69, 9.17) is 37.9 Å². The number of carbonyl (C=O) groups is 1. The van der Waals surface area contributed by atoms with Crippen LogP contribution in [0.1, 0.15) is 106 Å². The lowest BCUT2D eigenvalue weighted by molar-refractivity contribution is -0.332. The van der Waals surface area contributed by atoms with E-state index in [0.717, 1.165) is 38.5 Å². The molecule has 1 aliphatic heterocycles. The Hall–Kier alpha value is -3.51. The number of carbonyl (C=O) groups excluding carboxylic acids is 1. The summed E-state index contributed by atoms with van der Waals surface area (Å²) >= 11 is 0. The summed E-state index contributed by atoms with van der Waals surface area (Å²) in [5.74, 6) is -0.0754. The molecule has 2 N–H and O–H groups in total.